The Kier molecular flexibility index (Phi) is 3.76. The van der Waals surface area contributed by atoms with Crippen LogP contribution in [0.4, 0.5) is 0 Å². The Balaban J connectivity index is 1.85. The van der Waals surface area contributed by atoms with Crippen LogP contribution in [0.5, 0.6) is 0 Å². The number of rotatable bonds is 4. The first-order valence-corrected chi connectivity index (χ1v) is 6.39. The second kappa shape index (κ2) is 5.10. The normalized spacial score (nSPS) is 29.9. The van der Waals surface area contributed by atoms with Crippen LogP contribution in [-0.4, -0.2) is 41.5 Å². The van der Waals surface area contributed by atoms with Gasteiger partial charge in [0.05, 0.1) is 10.9 Å². The van der Waals surface area contributed by atoms with Gasteiger partial charge in [0.25, 0.3) is 0 Å². The smallest absolute Gasteiger partial charge is 0.224 e. The number of likely N-dealkylation sites (tertiary alicyclic amines) is 1. The number of nitrogens with zero attached hydrogens (tertiary/aromatic N) is 1. The molecule has 0 saturated carbocycles. The minimum Gasteiger partial charge on any atom is -0.393 e. The molecule has 0 bridgehead atoms. The summed E-state index contributed by atoms with van der Waals surface area (Å²) in [5.41, 5.74) is 5.48. The van der Waals surface area contributed by atoms with Crippen LogP contribution in [0, 0.1) is 5.92 Å². The van der Waals surface area contributed by atoms with Gasteiger partial charge in [-0.1, -0.05) is 12.2 Å². The number of fused-ring (bicyclic) bond motifs is 1. The van der Waals surface area contributed by atoms with Crippen LogP contribution in [0.15, 0.2) is 0 Å². The largest absolute Gasteiger partial charge is 0.393 e. The third-order valence-electron chi connectivity index (χ3n) is 3.58. The molecule has 0 aromatic carbocycles. The highest BCUT2D eigenvalue weighted by Gasteiger charge is 2.40. The van der Waals surface area contributed by atoms with Crippen molar-refractivity contribution in [3.05, 3.63) is 0 Å². The number of piperidine rings is 1. The highest BCUT2D eigenvalue weighted by Crippen LogP contribution is 2.27. The SMILES string of the molecule is NC(=S)CCCN1CCCC2C(=O)NCC21. The minimum absolute atomic E-state index is 0.221. The molecule has 0 aromatic heterocycles. The second-order valence-corrected chi connectivity index (χ2v) is 5.19. The monoisotopic (exact) mass is 241 g/mol. The molecule has 2 heterocycles. The third-order valence-corrected chi connectivity index (χ3v) is 3.79. The molecule has 4 nitrogen and oxygen atoms in total. The van der Waals surface area contributed by atoms with Crippen molar-refractivity contribution in [1.82, 2.24) is 10.2 Å². The zero-order chi connectivity index (χ0) is 11.5. The molecule has 2 aliphatic rings. The topological polar surface area (TPSA) is 58.4 Å². The van der Waals surface area contributed by atoms with Crippen LogP contribution in [-0.2, 0) is 4.79 Å². The van der Waals surface area contributed by atoms with E-state index in [0.29, 0.717) is 11.0 Å². The van der Waals surface area contributed by atoms with Crippen LogP contribution in [0.2, 0.25) is 0 Å². The molecule has 90 valence electrons. The molecule has 2 saturated heterocycles. The summed E-state index contributed by atoms with van der Waals surface area (Å²) < 4.78 is 0. The van der Waals surface area contributed by atoms with Crippen molar-refractivity contribution in [2.75, 3.05) is 19.6 Å². The van der Waals surface area contributed by atoms with Crippen molar-refractivity contribution in [2.45, 2.75) is 31.7 Å². The van der Waals surface area contributed by atoms with E-state index in [1.807, 2.05) is 0 Å². The molecule has 0 aromatic rings. The fourth-order valence-corrected chi connectivity index (χ4v) is 2.92. The summed E-state index contributed by atoms with van der Waals surface area (Å²) in [6.07, 6.45) is 3.99. The zero-order valence-corrected chi connectivity index (χ0v) is 10.3. The van der Waals surface area contributed by atoms with Crippen molar-refractivity contribution in [3.63, 3.8) is 0 Å². The molecule has 2 aliphatic heterocycles. The fraction of sp³-hybridized carbons (Fsp3) is 0.818. The van der Waals surface area contributed by atoms with Crippen LogP contribution in [0.1, 0.15) is 25.7 Å². The molecular weight excluding hydrogens is 222 g/mol. The second-order valence-electron chi connectivity index (χ2n) is 4.67. The first-order valence-electron chi connectivity index (χ1n) is 5.98. The van der Waals surface area contributed by atoms with E-state index in [2.05, 4.69) is 10.2 Å². The van der Waals surface area contributed by atoms with Crippen molar-refractivity contribution in [3.8, 4) is 0 Å². The summed E-state index contributed by atoms with van der Waals surface area (Å²) in [4.78, 5) is 14.6. The maximum Gasteiger partial charge on any atom is 0.224 e. The molecule has 2 fully saturated rings. The molecule has 2 rings (SSSR count). The van der Waals surface area contributed by atoms with Gasteiger partial charge in [-0.15, -0.1) is 0 Å². The lowest BCUT2D eigenvalue weighted by Crippen LogP contribution is -2.45. The molecule has 16 heavy (non-hydrogen) atoms. The van der Waals surface area contributed by atoms with Gasteiger partial charge < -0.3 is 11.1 Å². The fourth-order valence-electron chi connectivity index (χ4n) is 2.77. The first kappa shape index (κ1) is 11.8. The van der Waals surface area contributed by atoms with E-state index in [1.54, 1.807) is 0 Å². The summed E-state index contributed by atoms with van der Waals surface area (Å²) in [6.45, 7) is 2.93. The van der Waals surface area contributed by atoms with E-state index >= 15 is 0 Å². The molecule has 3 N–H and O–H groups in total. The summed E-state index contributed by atoms with van der Waals surface area (Å²) >= 11 is 4.87. The van der Waals surface area contributed by atoms with Crippen molar-refractivity contribution < 1.29 is 4.79 Å². The molecule has 2 unspecified atom stereocenters. The third kappa shape index (κ3) is 2.52. The van der Waals surface area contributed by atoms with Gasteiger partial charge in [-0.3, -0.25) is 9.69 Å². The molecule has 5 heteroatoms. The molecule has 2 atom stereocenters. The Bertz CT molecular complexity index is 295. The number of nitrogens with two attached hydrogens (primary N) is 1. The van der Waals surface area contributed by atoms with Gasteiger partial charge in [0.2, 0.25) is 5.91 Å². The van der Waals surface area contributed by atoms with Gasteiger partial charge in [-0.2, -0.15) is 0 Å². The maximum absolute atomic E-state index is 11.6. The quantitative estimate of drug-likeness (QED) is 0.693. The number of carbonyl (C=O) groups excluding carboxylic acids is 1. The number of hydrogen-bond acceptors (Lipinski definition) is 3. The van der Waals surface area contributed by atoms with Crippen molar-refractivity contribution in [1.29, 1.82) is 0 Å². The number of nitrogens with one attached hydrogen (secondary N) is 1. The lowest BCUT2D eigenvalue weighted by Gasteiger charge is -2.35. The van der Waals surface area contributed by atoms with E-state index in [-0.39, 0.29) is 11.8 Å². The van der Waals surface area contributed by atoms with Gasteiger partial charge in [0.1, 0.15) is 0 Å². The summed E-state index contributed by atoms with van der Waals surface area (Å²) in [5, 5.41) is 2.96. The van der Waals surface area contributed by atoms with Gasteiger partial charge in [-0.05, 0) is 38.8 Å². The van der Waals surface area contributed by atoms with E-state index < -0.39 is 0 Å². The van der Waals surface area contributed by atoms with Crippen LogP contribution >= 0.6 is 12.2 Å². The summed E-state index contributed by atoms with van der Waals surface area (Å²) in [5.74, 6) is 0.461. The standard InChI is InChI=1S/C11H19N3OS/c12-10(16)4-2-6-14-5-1-3-8-9(14)7-13-11(8)15/h8-9H,1-7H2,(H2,12,16)(H,13,15). The van der Waals surface area contributed by atoms with Gasteiger partial charge >= 0.3 is 0 Å². The number of carbonyl (C=O) groups is 1. The Morgan fingerprint density at radius 1 is 1.62 bits per heavy atom. The Labute approximate surface area is 102 Å². The predicted molar refractivity (Wildman–Crippen MR) is 67.1 cm³/mol. The molecule has 0 spiro atoms. The summed E-state index contributed by atoms with van der Waals surface area (Å²) in [6, 6.07) is 0.410. The molecule has 0 radical (unpaired) electrons. The van der Waals surface area contributed by atoms with E-state index in [0.717, 1.165) is 45.3 Å². The lowest BCUT2D eigenvalue weighted by atomic mass is 9.91. The van der Waals surface area contributed by atoms with Crippen LogP contribution in [0.3, 0.4) is 0 Å². The summed E-state index contributed by atoms with van der Waals surface area (Å²) in [7, 11) is 0. The number of hydrogen-bond donors (Lipinski definition) is 2. The van der Waals surface area contributed by atoms with E-state index in [1.165, 1.54) is 0 Å². The van der Waals surface area contributed by atoms with Gasteiger partial charge in [-0.25, -0.2) is 0 Å². The minimum atomic E-state index is 0.221. The van der Waals surface area contributed by atoms with Gasteiger partial charge in [0, 0.05) is 12.6 Å². The zero-order valence-electron chi connectivity index (χ0n) is 9.45. The van der Waals surface area contributed by atoms with E-state index in [9.17, 15) is 4.79 Å². The van der Waals surface area contributed by atoms with Crippen molar-refractivity contribution in [2.24, 2.45) is 11.7 Å². The average molecular weight is 241 g/mol. The lowest BCUT2D eigenvalue weighted by molar-refractivity contribution is -0.124. The molecule has 1 amide bonds. The van der Waals surface area contributed by atoms with Crippen LogP contribution < -0.4 is 11.1 Å². The van der Waals surface area contributed by atoms with Crippen LogP contribution in [0.25, 0.3) is 0 Å². The Hall–Kier alpha value is -0.680. The van der Waals surface area contributed by atoms with Gasteiger partial charge in [0.15, 0.2) is 0 Å². The average Bonchev–Trinajstić information content (AvgIpc) is 2.61. The molecule has 0 aliphatic carbocycles. The Morgan fingerprint density at radius 2 is 2.44 bits per heavy atom. The number of amides is 1. The molecular formula is C11H19N3OS. The Morgan fingerprint density at radius 3 is 3.19 bits per heavy atom. The number of thiocarbonyl (C=S) groups is 1. The maximum atomic E-state index is 11.6. The highest BCUT2D eigenvalue weighted by molar-refractivity contribution is 7.80. The first-order chi connectivity index (χ1) is 7.68. The van der Waals surface area contributed by atoms with Crippen molar-refractivity contribution >= 4 is 23.1 Å². The highest BCUT2D eigenvalue weighted by atomic mass is 32.1. The predicted octanol–water partition coefficient (Wildman–Crippen LogP) is 0.263. The van der Waals surface area contributed by atoms with E-state index in [4.69, 9.17) is 18.0 Å².